The lowest BCUT2D eigenvalue weighted by atomic mass is 9.96. The molecule has 0 radical (unpaired) electrons. The molecule has 0 saturated carbocycles. The highest BCUT2D eigenvalue weighted by atomic mass is 32.1. The molecule has 2 rings (SSSR count). The summed E-state index contributed by atoms with van der Waals surface area (Å²) in [6, 6.07) is 4.64. The molecule has 6 heteroatoms. The molecule has 22 heavy (non-hydrogen) atoms. The van der Waals surface area contributed by atoms with Gasteiger partial charge in [0.2, 0.25) is 5.89 Å². The maximum Gasteiger partial charge on any atom is 0.243 e. The van der Waals surface area contributed by atoms with Crippen molar-refractivity contribution in [2.75, 3.05) is 20.6 Å². The number of nitrogens with zero attached hydrogens (tertiary/aromatic N) is 3. The molecule has 0 fully saturated rings. The van der Waals surface area contributed by atoms with Crippen LogP contribution in [0.2, 0.25) is 0 Å². The standard InChI is InChI=1S/C16H26N4OS/c1-11(14-18-15(19-21-14)16(2,3)4)17-10-12(20(5)6)13-8-7-9-22-13/h7-9,11-12,17H,10H2,1-6H3/t11-,12-/m1/s1. The summed E-state index contributed by atoms with van der Waals surface area (Å²) in [5.41, 5.74) is -0.0926. The monoisotopic (exact) mass is 322 g/mol. The summed E-state index contributed by atoms with van der Waals surface area (Å²) in [7, 11) is 4.20. The Hall–Kier alpha value is -1.24. The van der Waals surface area contributed by atoms with E-state index < -0.39 is 0 Å². The van der Waals surface area contributed by atoms with Crippen molar-refractivity contribution in [1.82, 2.24) is 20.4 Å². The third kappa shape index (κ3) is 4.15. The van der Waals surface area contributed by atoms with Gasteiger partial charge in [0.05, 0.1) is 12.1 Å². The first kappa shape index (κ1) is 17.1. The Morgan fingerprint density at radius 2 is 2.09 bits per heavy atom. The SMILES string of the molecule is C[C@@H](NC[C@H](c1cccs1)N(C)C)c1nc(C(C)(C)C)no1. The number of hydrogen-bond donors (Lipinski definition) is 1. The number of aromatic nitrogens is 2. The number of nitrogens with one attached hydrogen (secondary N) is 1. The van der Waals surface area contributed by atoms with Crippen molar-refractivity contribution in [3.63, 3.8) is 0 Å². The van der Waals surface area contributed by atoms with E-state index in [2.05, 4.69) is 79.7 Å². The molecule has 2 aromatic heterocycles. The van der Waals surface area contributed by atoms with E-state index in [1.165, 1.54) is 4.88 Å². The molecular formula is C16H26N4OS. The minimum Gasteiger partial charge on any atom is -0.338 e. The highest BCUT2D eigenvalue weighted by Gasteiger charge is 2.24. The molecule has 2 aromatic rings. The lowest BCUT2D eigenvalue weighted by Crippen LogP contribution is -2.32. The Morgan fingerprint density at radius 3 is 2.59 bits per heavy atom. The zero-order chi connectivity index (χ0) is 16.3. The molecule has 0 bridgehead atoms. The maximum atomic E-state index is 5.40. The smallest absolute Gasteiger partial charge is 0.243 e. The second kappa shape index (κ2) is 6.89. The molecule has 0 aromatic carbocycles. The van der Waals surface area contributed by atoms with Crippen LogP contribution in [0.15, 0.2) is 22.0 Å². The van der Waals surface area contributed by atoms with Crippen molar-refractivity contribution in [2.24, 2.45) is 0 Å². The van der Waals surface area contributed by atoms with Crippen LogP contribution in [0.3, 0.4) is 0 Å². The molecule has 0 unspecified atom stereocenters. The van der Waals surface area contributed by atoms with Gasteiger partial charge in [0.25, 0.3) is 0 Å². The zero-order valence-corrected chi connectivity index (χ0v) is 15.1. The maximum absolute atomic E-state index is 5.40. The summed E-state index contributed by atoms with van der Waals surface area (Å²) >= 11 is 1.78. The van der Waals surface area contributed by atoms with Gasteiger partial charge < -0.3 is 14.7 Å². The third-order valence-electron chi connectivity index (χ3n) is 3.60. The number of thiophene rings is 1. The van der Waals surface area contributed by atoms with E-state index in [1.807, 2.05) is 0 Å². The molecule has 0 saturated heterocycles. The number of rotatable bonds is 6. The minimum absolute atomic E-state index is 0.0333. The topological polar surface area (TPSA) is 54.2 Å². The molecule has 5 nitrogen and oxygen atoms in total. The molecule has 2 heterocycles. The molecule has 0 amide bonds. The van der Waals surface area contributed by atoms with Gasteiger partial charge in [-0.3, -0.25) is 0 Å². The van der Waals surface area contributed by atoms with Gasteiger partial charge in [-0.05, 0) is 32.5 Å². The first-order valence-corrected chi connectivity index (χ1v) is 8.44. The van der Waals surface area contributed by atoms with Crippen molar-refractivity contribution in [3.05, 3.63) is 34.1 Å². The van der Waals surface area contributed by atoms with Crippen LogP contribution in [-0.2, 0) is 5.41 Å². The average Bonchev–Trinajstić information content (AvgIpc) is 3.09. The highest BCUT2D eigenvalue weighted by Crippen LogP contribution is 2.24. The molecule has 0 aliphatic rings. The Kier molecular flexibility index (Phi) is 5.36. The van der Waals surface area contributed by atoms with Gasteiger partial charge in [0.1, 0.15) is 0 Å². The van der Waals surface area contributed by atoms with E-state index in [1.54, 1.807) is 11.3 Å². The Balaban J connectivity index is 1.99. The van der Waals surface area contributed by atoms with E-state index in [0.717, 1.165) is 12.4 Å². The quantitative estimate of drug-likeness (QED) is 0.883. The lowest BCUT2D eigenvalue weighted by Gasteiger charge is -2.24. The highest BCUT2D eigenvalue weighted by molar-refractivity contribution is 7.10. The van der Waals surface area contributed by atoms with E-state index in [4.69, 9.17) is 4.52 Å². The van der Waals surface area contributed by atoms with E-state index in [0.29, 0.717) is 11.9 Å². The molecule has 1 N–H and O–H groups in total. The first-order valence-electron chi connectivity index (χ1n) is 7.56. The molecule has 122 valence electrons. The van der Waals surface area contributed by atoms with Gasteiger partial charge in [0, 0.05) is 16.8 Å². The summed E-state index contributed by atoms with van der Waals surface area (Å²) in [5, 5.41) is 9.70. The zero-order valence-electron chi connectivity index (χ0n) is 14.3. The van der Waals surface area contributed by atoms with E-state index >= 15 is 0 Å². The lowest BCUT2D eigenvalue weighted by molar-refractivity contribution is 0.271. The fraction of sp³-hybridized carbons (Fsp3) is 0.625. The van der Waals surface area contributed by atoms with Crippen LogP contribution in [0.5, 0.6) is 0 Å². The van der Waals surface area contributed by atoms with E-state index in [9.17, 15) is 0 Å². The van der Waals surface area contributed by atoms with Gasteiger partial charge in [0.15, 0.2) is 5.82 Å². The van der Waals surface area contributed by atoms with Crippen LogP contribution in [0.4, 0.5) is 0 Å². The molecule has 0 aliphatic heterocycles. The fourth-order valence-corrected chi connectivity index (χ4v) is 3.03. The molecule has 0 spiro atoms. The summed E-state index contributed by atoms with van der Waals surface area (Å²) < 4.78 is 5.40. The Bertz CT molecular complexity index is 571. The van der Waals surface area contributed by atoms with Gasteiger partial charge in [-0.2, -0.15) is 4.98 Å². The second-order valence-corrected chi connectivity index (χ2v) is 7.81. The summed E-state index contributed by atoms with van der Waals surface area (Å²) in [6.07, 6.45) is 0. The second-order valence-electron chi connectivity index (χ2n) is 6.83. The van der Waals surface area contributed by atoms with Crippen molar-refractivity contribution < 1.29 is 4.52 Å². The van der Waals surface area contributed by atoms with Crippen molar-refractivity contribution in [3.8, 4) is 0 Å². The minimum atomic E-state index is -0.0926. The van der Waals surface area contributed by atoms with Crippen molar-refractivity contribution in [1.29, 1.82) is 0 Å². The van der Waals surface area contributed by atoms with Crippen LogP contribution in [-0.4, -0.2) is 35.7 Å². The van der Waals surface area contributed by atoms with Gasteiger partial charge in [-0.15, -0.1) is 11.3 Å². The van der Waals surface area contributed by atoms with Gasteiger partial charge in [-0.1, -0.05) is 32.0 Å². The molecule has 0 aliphatic carbocycles. The largest absolute Gasteiger partial charge is 0.338 e. The number of likely N-dealkylation sites (N-methyl/N-ethyl adjacent to an activating group) is 1. The van der Waals surface area contributed by atoms with Gasteiger partial charge in [-0.25, -0.2) is 0 Å². The Labute approximate surface area is 136 Å². The van der Waals surface area contributed by atoms with Crippen LogP contribution < -0.4 is 5.32 Å². The first-order chi connectivity index (χ1) is 10.3. The summed E-state index contributed by atoms with van der Waals surface area (Å²) in [4.78, 5) is 8.09. The fourth-order valence-electron chi connectivity index (χ4n) is 2.11. The Morgan fingerprint density at radius 1 is 1.36 bits per heavy atom. The summed E-state index contributed by atoms with van der Waals surface area (Å²) in [6.45, 7) is 9.14. The molecule has 2 atom stereocenters. The van der Waals surface area contributed by atoms with Crippen LogP contribution in [0.1, 0.15) is 56.4 Å². The molecular weight excluding hydrogens is 296 g/mol. The predicted molar refractivity (Wildman–Crippen MR) is 90.2 cm³/mol. The van der Waals surface area contributed by atoms with E-state index in [-0.39, 0.29) is 11.5 Å². The summed E-state index contributed by atoms with van der Waals surface area (Å²) in [5.74, 6) is 1.40. The third-order valence-corrected chi connectivity index (χ3v) is 4.57. The normalized spacial score (nSPS) is 15.2. The van der Waals surface area contributed by atoms with Gasteiger partial charge >= 0.3 is 0 Å². The number of hydrogen-bond acceptors (Lipinski definition) is 6. The predicted octanol–water partition coefficient (Wildman–Crippen LogP) is 3.38. The van der Waals surface area contributed by atoms with Crippen LogP contribution in [0.25, 0.3) is 0 Å². The van der Waals surface area contributed by atoms with Crippen molar-refractivity contribution in [2.45, 2.75) is 45.2 Å². The van der Waals surface area contributed by atoms with Crippen LogP contribution >= 0.6 is 11.3 Å². The average molecular weight is 322 g/mol. The van der Waals surface area contributed by atoms with Crippen molar-refractivity contribution >= 4 is 11.3 Å². The van der Waals surface area contributed by atoms with Crippen LogP contribution in [0, 0.1) is 0 Å².